The first-order chi connectivity index (χ1) is 18.5. The lowest BCUT2D eigenvalue weighted by molar-refractivity contribution is 0.407. The van der Waals surface area contributed by atoms with Crippen molar-refractivity contribution >= 4 is 12.7 Å². The molecule has 2 nitrogen and oxygen atoms in total. The number of halogens is 1. The van der Waals surface area contributed by atoms with Crippen molar-refractivity contribution < 1.29 is 14.4 Å². The zero-order valence-electron chi connectivity index (χ0n) is 21.8. The van der Waals surface area contributed by atoms with Gasteiger partial charge in [-0.05, 0) is 65.2 Å². The standard InChI is InChI=1S/C34H32BFO2/c1-3-33(35(37)38)32(27-22-24-31(36)25-23-27)21-13-14-26(2)34(28-15-7-4-8-16-28,29-17-9-5-10-18-29)30-19-11-6-12-20-30/h3-13,15-20,22-26,37-38H,14H2,1-2H3/b33-3+. The van der Waals surface area contributed by atoms with E-state index in [1.165, 1.54) is 28.8 Å². The lowest BCUT2D eigenvalue weighted by Gasteiger charge is -2.41. The summed E-state index contributed by atoms with van der Waals surface area (Å²) in [6, 6.07) is 37.6. The highest BCUT2D eigenvalue weighted by Gasteiger charge is 2.40. The van der Waals surface area contributed by atoms with Crippen molar-refractivity contribution in [3.8, 4) is 0 Å². The summed E-state index contributed by atoms with van der Waals surface area (Å²) in [5.74, 6) is -0.250. The topological polar surface area (TPSA) is 40.5 Å². The molecule has 2 N–H and O–H groups in total. The molecular formula is C34H32BFO2. The quantitative estimate of drug-likeness (QED) is 0.109. The van der Waals surface area contributed by atoms with Crippen LogP contribution >= 0.6 is 0 Å². The summed E-state index contributed by atoms with van der Waals surface area (Å²) in [4.78, 5) is 0. The maximum atomic E-state index is 13.6. The lowest BCUT2D eigenvalue weighted by Crippen LogP contribution is -2.36. The van der Waals surface area contributed by atoms with Crippen molar-refractivity contribution in [1.82, 2.24) is 0 Å². The number of hydrogen-bond acceptors (Lipinski definition) is 2. The smallest absolute Gasteiger partial charge is 0.423 e. The van der Waals surface area contributed by atoms with Gasteiger partial charge in [0.05, 0.1) is 0 Å². The Labute approximate surface area is 225 Å². The molecule has 0 radical (unpaired) electrons. The van der Waals surface area contributed by atoms with Crippen molar-refractivity contribution in [1.29, 1.82) is 0 Å². The van der Waals surface area contributed by atoms with E-state index in [9.17, 15) is 14.4 Å². The Morgan fingerprint density at radius 2 is 1.24 bits per heavy atom. The highest BCUT2D eigenvalue weighted by atomic mass is 19.1. The molecule has 0 saturated carbocycles. The van der Waals surface area contributed by atoms with Crippen molar-refractivity contribution in [3.05, 3.63) is 167 Å². The fourth-order valence-electron chi connectivity index (χ4n) is 5.34. The first kappa shape index (κ1) is 27.1. The maximum absolute atomic E-state index is 13.6. The van der Waals surface area contributed by atoms with Crippen LogP contribution in [-0.2, 0) is 5.41 Å². The van der Waals surface area contributed by atoms with E-state index in [0.29, 0.717) is 23.0 Å². The third-order valence-electron chi connectivity index (χ3n) is 7.16. The molecule has 0 saturated heterocycles. The van der Waals surface area contributed by atoms with Crippen molar-refractivity contribution in [3.63, 3.8) is 0 Å². The van der Waals surface area contributed by atoms with Gasteiger partial charge in [-0.2, -0.15) is 0 Å². The minimum atomic E-state index is -1.67. The van der Waals surface area contributed by atoms with Crippen LogP contribution in [0.4, 0.5) is 4.39 Å². The molecule has 0 aliphatic rings. The molecule has 4 aromatic rings. The van der Waals surface area contributed by atoms with Gasteiger partial charge in [0.2, 0.25) is 0 Å². The monoisotopic (exact) mass is 502 g/mol. The van der Waals surface area contributed by atoms with Crippen LogP contribution in [0.1, 0.15) is 42.5 Å². The van der Waals surface area contributed by atoms with Gasteiger partial charge in [0.25, 0.3) is 0 Å². The van der Waals surface area contributed by atoms with E-state index in [4.69, 9.17) is 0 Å². The molecule has 190 valence electrons. The minimum absolute atomic E-state index is 0.102. The molecule has 0 bridgehead atoms. The van der Waals surface area contributed by atoms with Gasteiger partial charge in [-0.15, -0.1) is 5.73 Å². The third-order valence-corrected chi connectivity index (χ3v) is 7.16. The zero-order chi connectivity index (χ0) is 27.0. The van der Waals surface area contributed by atoms with Crippen LogP contribution in [0, 0.1) is 11.7 Å². The van der Waals surface area contributed by atoms with Gasteiger partial charge in [-0.3, -0.25) is 0 Å². The average molecular weight is 502 g/mol. The van der Waals surface area contributed by atoms with E-state index < -0.39 is 12.5 Å². The fourth-order valence-corrected chi connectivity index (χ4v) is 5.34. The molecule has 4 aromatic carbocycles. The first-order valence-corrected chi connectivity index (χ1v) is 12.9. The SMILES string of the molecule is C/C=C(/B(O)O)C(=C=CCC(C)C(c1ccccc1)(c1ccccc1)c1ccccc1)c1ccc(F)cc1. The Hall–Kier alpha value is -3.95. The summed E-state index contributed by atoms with van der Waals surface area (Å²) >= 11 is 0. The van der Waals surface area contributed by atoms with Crippen LogP contribution < -0.4 is 0 Å². The van der Waals surface area contributed by atoms with Gasteiger partial charge in [0.1, 0.15) is 5.82 Å². The van der Waals surface area contributed by atoms with Gasteiger partial charge < -0.3 is 10.0 Å². The average Bonchev–Trinajstić information content (AvgIpc) is 2.95. The molecule has 0 amide bonds. The summed E-state index contributed by atoms with van der Waals surface area (Å²) in [5, 5.41) is 20.0. The van der Waals surface area contributed by atoms with Crippen LogP contribution in [0.15, 0.2) is 139 Å². The first-order valence-electron chi connectivity index (χ1n) is 12.9. The van der Waals surface area contributed by atoms with E-state index in [1.54, 1.807) is 25.1 Å². The minimum Gasteiger partial charge on any atom is -0.423 e. The summed E-state index contributed by atoms with van der Waals surface area (Å²) in [6.45, 7) is 3.98. The molecule has 0 aromatic heterocycles. The molecule has 0 fully saturated rings. The highest BCUT2D eigenvalue weighted by molar-refractivity contribution is 6.55. The van der Waals surface area contributed by atoms with Crippen molar-refractivity contribution in [2.45, 2.75) is 25.7 Å². The Kier molecular flexibility index (Phi) is 8.94. The molecule has 4 heteroatoms. The molecule has 0 heterocycles. The summed E-state index contributed by atoms with van der Waals surface area (Å²) in [7, 11) is -1.67. The summed E-state index contributed by atoms with van der Waals surface area (Å²) in [6.07, 6.45) is 4.26. The van der Waals surface area contributed by atoms with Crippen LogP contribution in [0.25, 0.3) is 5.57 Å². The van der Waals surface area contributed by atoms with Gasteiger partial charge >= 0.3 is 7.12 Å². The molecule has 1 atom stereocenters. The van der Waals surface area contributed by atoms with E-state index in [0.717, 1.165) is 0 Å². The number of rotatable bonds is 9. The fraction of sp³-hybridized carbons (Fsp3) is 0.147. The number of benzene rings is 4. The largest absolute Gasteiger partial charge is 0.489 e. The molecule has 4 rings (SSSR count). The zero-order valence-corrected chi connectivity index (χ0v) is 21.8. The van der Waals surface area contributed by atoms with Crippen LogP contribution in [0.2, 0.25) is 0 Å². The molecule has 0 aliphatic carbocycles. The van der Waals surface area contributed by atoms with Crippen molar-refractivity contribution in [2.75, 3.05) is 0 Å². The number of hydrogen-bond donors (Lipinski definition) is 2. The van der Waals surface area contributed by atoms with Crippen molar-refractivity contribution in [2.24, 2.45) is 5.92 Å². The summed E-state index contributed by atoms with van der Waals surface area (Å²) < 4.78 is 13.6. The van der Waals surface area contributed by atoms with Crippen LogP contribution in [0.5, 0.6) is 0 Å². The molecule has 38 heavy (non-hydrogen) atoms. The highest BCUT2D eigenvalue weighted by Crippen LogP contribution is 2.46. The van der Waals surface area contributed by atoms with Gasteiger partial charge in [0, 0.05) is 11.0 Å². The van der Waals surface area contributed by atoms with E-state index in [-0.39, 0.29) is 11.7 Å². The van der Waals surface area contributed by atoms with Crippen LogP contribution in [0.3, 0.4) is 0 Å². The molecular weight excluding hydrogens is 470 g/mol. The van der Waals surface area contributed by atoms with Gasteiger partial charge in [-0.1, -0.05) is 116 Å². The maximum Gasteiger partial charge on any atom is 0.489 e. The third kappa shape index (κ3) is 5.64. The Morgan fingerprint density at radius 1 is 0.789 bits per heavy atom. The Bertz CT molecular complexity index is 1310. The Morgan fingerprint density at radius 3 is 1.63 bits per heavy atom. The second-order valence-corrected chi connectivity index (χ2v) is 9.39. The summed E-state index contributed by atoms with van der Waals surface area (Å²) in [5.41, 5.74) is 7.99. The van der Waals surface area contributed by atoms with E-state index >= 15 is 0 Å². The van der Waals surface area contributed by atoms with Crippen LogP contribution in [-0.4, -0.2) is 17.2 Å². The van der Waals surface area contributed by atoms with E-state index in [2.05, 4.69) is 85.5 Å². The molecule has 0 aliphatic heterocycles. The normalized spacial score (nSPS) is 12.4. The second-order valence-electron chi connectivity index (χ2n) is 9.39. The van der Waals surface area contributed by atoms with E-state index in [1.807, 2.05) is 24.3 Å². The predicted octanol–water partition coefficient (Wildman–Crippen LogP) is 7.38. The second kappa shape index (κ2) is 12.5. The van der Waals surface area contributed by atoms with Gasteiger partial charge in [-0.25, -0.2) is 4.39 Å². The number of allylic oxidation sites excluding steroid dienone is 3. The lowest BCUT2D eigenvalue weighted by atomic mass is 9.61. The molecule has 0 spiro atoms. The molecule has 1 unspecified atom stereocenters. The Balaban J connectivity index is 1.87. The van der Waals surface area contributed by atoms with Gasteiger partial charge in [0.15, 0.2) is 0 Å². The predicted molar refractivity (Wildman–Crippen MR) is 155 cm³/mol.